The summed E-state index contributed by atoms with van der Waals surface area (Å²) in [7, 11) is 0. The predicted molar refractivity (Wildman–Crippen MR) is 95.2 cm³/mol. The Hall–Kier alpha value is -1.88. The number of nitro groups is 1. The maximum atomic E-state index is 11.1. The van der Waals surface area contributed by atoms with Gasteiger partial charge in [-0.1, -0.05) is 19.8 Å². The van der Waals surface area contributed by atoms with Crippen LogP contribution in [0.5, 0.6) is 0 Å². The number of nitrogens with zero attached hydrogens (tertiary/aromatic N) is 1. The molecule has 2 N–H and O–H groups in total. The number of fused-ring (bicyclic) bond motifs is 3. The third-order valence-electron chi connectivity index (χ3n) is 5.77. The first kappa shape index (κ1) is 15.6. The van der Waals surface area contributed by atoms with Gasteiger partial charge in [0.1, 0.15) is 0 Å². The lowest BCUT2D eigenvalue weighted by Gasteiger charge is -2.33. The molecule has 2 aromatic rings. The Bertz CT molecular complexity index is 767. The topological polar surface area (TPSA) is 71.0 Å². The monoisotopic (exact) mass is 327 g/mol. The van der Waals surface area contributed by atoms with Gasteiger partial charge >= 0.3 is 0 Å². The molecule has 2 aliphatic rings. The van der Waals surface area contributed by atoms with E-state index in [9.17, 15) is 10.1 Å². The maximum Gasteiger partial charge on any atom is 0.270 e. The summed E-state index contributed by atoms with van der Waals surface area (Å²) >= 11 is 0. The molecule has 0 bridgehead atoms. The summed E-state index contributed by atoms with van der Waals surface area (Å²) in [6.45, 7) is 2.35. The van der Waals surface area contributed by atoms with Crippen molar-refractivity contribution < 1.29 is 4.92 Å². The fraction of sp³-hybridized carbons (Fsp3) is 0.579. The van der Waals surface area contributed by atoms with Gasteiger partial charge in [-0.3, -0.25) is 10.1 Å². The normalized spacial score (nSPS) is 27.1. The fourth-order valence-electron chi connectivity index (χ4n) is 4.60. The molecular formula is C19H25N3O2. The number of aryl methyl sites for hydroxylation is 1. The number of H-pyrrole nitrogens is 1. The Labute approximate surface area is 142 Å². The second kappa shape index (κ2) is 6.20. The Balaban J connectivity index is 1.64. The van der Waals surface area contributed by atoms with Gasteiger partial charge in [0, 0.05) is 40.8 Å². The highest BCUT2D eigenvalue weighted by Crippen LogP contribution is 2.37. The molecule has 4 rings (SSSR count). The van der Waals surface area contributed by atoms with E-state index in [0.717, 1.165) is 36.1 Å². The van der Waals surface area contributed by atoms with Crippen molar-refractivity contribution in [3.63, 3.8) is 0 Å². The zero-order valence-corrected chi connectivity index (χ0v) is 14.2. The van der Waals surface area contributed by atoms with Crippen molar-refractivity contribution in [2.24, 2.45) is 5.92 Å². The lowest BCUT2D eigenvalue weighted by atomic mass is 9.85. The zero-order valence-electron chi connectivity index (χ0n) is 14.2. The minimum absolute atomic E-state index is 0.181. The van der Waals surface area contributed by atoms with E-state index in [1.165, 1.54) is 36.9 Å². The first-order valence-corrected chi connectivity index (χ1v) is 9.16. The molecule has 24 heavy (non-hydrogen) atoms. The SMILES string of the molecule is CC1CCCC(NC2CCCc3c2[nH]c2ccc([N+](=O)[O-])cc32)C1. The van der Waals surface area contributed by atoms with Crippen LogP contribution < -0.4 is 5.32 Å². The number of nitrogens with one attached hydrogen (secondary N) is 2. The van der Waals surface area contributed by atoms with E-state index >= 15 is 0 Å². The molecular weight excluding hydrogens is 302 g/mol. The Kier molecular flexibility index (Phi) is 4.04. The number of non-ortho nitro benzene ring substituents is 1. The summed E-state index contributed by atoms with van der Waals surface area (Å²) in [6, 6.07) is 6.14. The second-order valence-corrected chi connectivity index (χ2v) is 7.58. The molecule has 1 saturated carbocycles. The smallest absolute Gasteiger partial charge is 0.270 e. The molecule has 5 nitrogen and oxygen atoms in total. The standard InChI is InChI=1S/C19H25N3O2/c1-12-4-2-5-13(10-12)20-18-7-3-6-15-16-11-14(22(23)24)8-9-17(16)21-19(15)18/h8-9,11-13,18,20-21H,2-7,10H2,1H3. The third kappa shape index (κ3) is 2.81. The number of hydrogen-bond donors (Lipinski definition) is 2. The van der Waals surface area contributed by atoms with Crippen LogP contribution in [0.3, 0.4) is 0 Å². The lowest BCUT2D eigenvalue weighted by Crippen LogP contribution is -2.37. The van der Waals surface area contributed by atoms with E-state index in [4.69, 9.17) is 0 Å². The van der Waals surface area contributed by atoms with Crippen LogP contribution >= 0.6 is 0 Å². The molecule has 0 aliphatic heterocycles. The van der Waals surface area contributed by atoms with Gasteiger partial charge in [0.05, 0.1) is 4.92 Å². The van der Waals surface area contributed by atoms with Crippen molar-refractivity contribution in [3.8, 4) is 0 Å². The number of rotatable bonds is 3. The minimum atomic E-state index is -0.305. The first-order valence-electron chi connectivity index (χ1n) is 9.16. The number of aromatic nitrogens is 1. The van der Waals surface area contributed by atoms with Gasteiger partial charge in [0.2, 0.25) is 0 Å². The van der Waals surface area contributed by atoms with E-state index in [1.54, 1.807) is 12.1 Å². The summed E-state index contributed by atoms with van der Waals surface area (Å²) in [5.41, 5.74) is 3.74. The van der Waals surface area contributed by atoms with Crippen LogP contribution in [0.4, 0.5) is 5.69 Å². The van der Waals surface area contributed by atoms with Gasteiger partial charge < -0.3 is 10.3 Å². The van der Waals surface area contributed by atoms with Crippen molar-refractivity contribution >= 4 is 16.6 Å². The molecule has 128 valence electrons. The fourth-order valence-corrected chi connectivity index (χ4v) is 4.60. The molecule has 3 unspecified atom stereocenters. The van der Waals surface area contributed by atoms with Crippen molar-refractivity contribution in [3.05, 3.63) is 39.6 Å². The van der Waals surface area contributed by atoms with Gasteiger partial charge in [-0.25, -0.2) is 0 Å². The lowest BCUT2D eigenvalue weighted by molar-refractivity contribution is -0.384. The summed E-state index contributed by atoms with van der Waals surface area (Å²) in [6.07, 6.45) is 8.49. The first-order chi connectivity index (χ1) is 11.6. The van der Waals surface area contributed by atoms with Crippen LogP contribution in [-0.4, -0.2) is 15.9 Å². The molecule has 2 aliphatic carbocycles. The van der Waals surface area contributed by atoms with Crippen LogP contribution in [0, 0.1) is 16.0 Å². The van der Waals surface area contributed by atoms with Crippen molar-refractivity contribution in [1.29, 1.82) is 0 Å². The van der Waals surface area contributed by atoms with Crippen LogP contribution in [0.15, 0.2) is 18.2 Å². The molecule has 5 heteroatoms. The summed E-state index contributed by atoms with van der Waals surface area (Å²) in [4.78, 5) is 14.3. The average molecular weight is 327 g/mol. The molecule has 1 heterocycles. The van der Waals surface area contributed by atoms with E-state index in [1.807, 2.05) is 6.07 Å². The molecule has 0 radical (unpaired) electrons. The quantitative estimate of drug-likeness (QED) is 0.638. The highest BCUT2D eigenvalue weighted by molar-refractivity contribution is 5.87. The molecule has 1 fully saturated rings. The Morgan fingerprint density at radius 2 is 2.12 bits per heavy atom. The van der Waals surface area contributed by atoms with Crippen molar-refractivity contribution in [1.82, 2.24) is 10.3 Å². The minimum Gasteiger partial charge on any atom is -0.357 e. The van der Waals surface area contributed by atoms with Gasteiger partial charge in [0.25, 0.3) is 5.69 Å². The van der Waals surface area contributed by atoms with E-state index in [-0.39, 0.29) is 10.6 Å². The highest BCUT2D eigenvalue weighted by Gasteiger charge is 2.28. The predicted octanol–water partition coefficient (Wildman–Crippen LogP) is 4.62. The Morgan fingerprint density at radius 1 is 1.25 bits per heavy atom. The average Bonchev–Trinajstić information content (AvgIpc) is 2.94. The number of benzene rings is 1. The summed E-state index contributed by atoms with van der Waals surface area (Å²) < 4.78 is 0. The van der Waals surface area contributed by atoms with E-state index < -0.39 is 0 Å². The number of aromatic amines is 1. The molecule has 0 amide bonds. The van der Waals surface area contributed by atoms with E-state index in [0.29, 0.717) is 12.1 Å². The van der Waals surface area contributed by atoms with Crippen LogP contribution in [-0.2, 0) is 6.42 Å². The van der Waals surface area contributed by atoms with Crippen molar-refractivity contribution in [2.75, 3.05) is 0 Å². The van der Waals surface area contributed by atoms with Gasteiger partial charge in [-0.15, -0.1) is 0 Å². The van der Waals surface area contributed by atoms with Gasteiger partial charge in [0.15, 0.2) is 0 Å². The maximum absolute atomic E-state index is 11.1. The number of hydrogen-bond acceptors (Lipinski definition) is 3. The number of nitro benzene ring substituents is 1. The largest absolute Gasteiger partial charge is 0.357 e. The van der Waals surface area contributed by atoms with Crippen LogP contribution in [0.1, 0.15) is 62.7 Å². The van der Waals surface area contributed by atoms with Gasteiger partial charge in [-0.2, -0.15) is 0 Å². The molecule has 1 aromatic carbocycles. The van der Waals surface area contributed by atoms with Crippen LogP contribution in [0.2, 0.25) is 0 Å². The van der Waals surface area contributed by atoms with Crippen LogP contribution in [0.25, 0.3) is 10.9 Å². The van der Waals surface area contributed by atoms with Crippen molar-refractivity contribution in [2.45, 2.75) is 64.0 Å². The molecule has 0 saturated heterocycles. The molecule has 1 aromatic heterocycles. The summed E-state index contributed by atoms with van der Waals surface area (Å²) in [5.74, 6) is 0.810. The second-order valence-electron chi connectivity index (χ2n) is 7.58. The summed E-state index contributed by atoms with van der Waals surface area (Å²) in [5, 5.41) is 16.0. The Morgan fingerprint density at radius 3 is 2.92 bits per heavy atom. The molecule has 0 spiro atoms. The van der Waals surface area contributed by atoms with Gasteiger partial charge in [-0.05, 0) is 49.7 Å². The third-order valence-corrected chi connectivity index (χ3v) is 5.77. The molecule has 3 atom stereocenters. The highest BCUT2D eigenvalue weighted by atomic mass is 16.6. The zero-order chi connectivity index (χ0) is 16.7. The van der Waals surface area contributed by atoms with E-state index in [2.05, 4.69) is 17.2 Å².